The molecule has 36 heavy (non-hydrogen) atoms. The molecule has 0 bridgehead atoms. The summed E-state index contributed by atoms with van der Waals surface area (Å²) in [6.07, 6.45) is 3.91. The first kappa shape index (κ1) is 24.4. The highest BCUT2D eigenvalue weighted by atomic mass is 19.3. The van der Waals surface area contributed by atoms with Crippen LogP contribution in [0.5, 0.6) is 5.75 Å². The molecule has 0 spiro atoms. The van der Waals surface area contributed by atoms with Crippen molar-refractivity contribution in [2.75, 3.05) is 40.0 Å². The molecule has 10 heteroatoms. The molecule has 0 saturated carbocycles. The van der Waals surface area contributed by atoms with Gasteiger partial charge < -0.3 is 18.8 Å². The zero-order chi connectivity index (χ0) is 24.9. The predicted molar refractivity (Wildman–Crippen MR) is 131 cm³/mol. The smallest absolute Gasteiger partial charge is 0.387 e. The van der Waals surface area contributed by atoms with Gasteiger partial charge in [0.15, 0.2) is 0 Å². The van der Waals surface area contributed by atoms with Gasteiger partial charge in [-0.25, -0.2) is 4.98 Å². The van der Waals surface area contributed by atoms with Crippen LogP contribution >= 0.6 is 0 Å². The van der Waals surface area contributed by atoms with Crippen LogP contribution in [0.25, 0.3) is 22.2 Å². The first-order valence-corrected chi connectivity index (χ1v) is 11.9. The Hall–Kier alpha value is -3.34. The number of imidazole rings is 1. The first-order valence-electron chi connectivity index (χ1n) is 11.9. The number of hydrogen-bond acceptors (Lipinski definition) is 6. The Morgan fingerprint density at radius 2 is 1.89 bits per heavy atom. The average molecular weight is 498 g/mol. The monoisotopic (exact) mass is 497 g/mol. The van der Waals surface area contributed by atoms with Gasteiger partial charge in [0.25, 0.3) is 0 Å². The van der Waals surface area contributed by atoms with E-state index in [1.807, 2.05) is 33.8 Å². The van der Waals surface area contributed by atoms with E-state index in [0.29, 0.717) is 24.5 Å². The number of nitrogens with zero attached hydrogens (tertiary/aromatic N) is 5. The number of morpholine rings is 1. The third-order valence-corrected chi connectivity index (χ3v) is 6.33. The summed E-state index contributed by atoms with van der Waals surface area (Å²) >= 11 is 0. The maximum atomic E-state index is 13.0. The Kier molecular flexibility index (Phi) is 7.55. The molecule has 0 N–H and O–H groups in total. The number of methoxy groups -OCH3 is 1. The van der Waals surface area contributed by atoms with E-state index in [9.17, 15) is 8.78 Å². The van der Waals surface area contributed by atoms with E-state index >= 15 is 0 Å². The summed E-state index contributed by atoms with van der Waals surface area (Å²) in [5.74, 6) is 0.855. The lowest BCUT2D eigenvalue weighted by atomic mass is 10.1. The van der Waals surface area contributed by atoms with Crippen LogP contribution in [-0.4, -0.2) is 70.8 Å². The van der Waals surface area contributed by atoms with Gasteiger partial charge in [-0.2, -0.15) is 13.9 Å². The molecule has 5 rings (SSSR count). The minimum atomic E-state index is -2.89. The molecule has 1 aliphatic heterocycles. The van der Waals surface area contributed by atoms with Crippen LogP contribution in [0.2, 0.25) is 0 Å². The highest BCUT2D eigenvalue weighted by molar-refractivity contribution is 5.82. The van der Waals surface area contributed by atoms with Crippen molar-refractivity contribution in [1.29, 1.82) is 0 Å². The van der Waals surface area contributed by atoms with E-state index in [1.165, 1.54) is 0 Å². The highest BCUT2D eigenvalue weighted by Crippen LogP contribution is 2.28. The third kappa shape index (κ3) is 5.56. The fourth-order valence-electron chi connectivity index (χ4n) is 4.49. The standard InChI is InChI=1S/C26H29F2N5O3/c1-34-18-25-30-22-7-6-19(21-15-29-32(16-21)9-8-31-10-12-35-13-11-31)14-23(22)33(25)17-20-4-2-3-5-24(20)36-26(27)28/h2-7,14-16,26H,8-13,17-18H2,1H3. The summed E-state index contributed by atoms with van der Waals surface area (Å²) in [4.78, 5) is 7.10. The lowest BCUT2D eigenvalue weighted by molar-refractivity contribution is -0.0504. The van der Waals surface area contributed by atoms with Gasteiger partial charge in [0.05, 0.1) is 43.5 Å². The molecule has 190 valence electrons. The van der Waals surface area contributed by atoms with Crippen LogP contribution in [0, 0.1) is 0 Å². The van der Waals surface area contributed by atoms with E-state index in [1.54, 1.807) is 31.4 Å². The molecule has 0 amide bonds. The van der Waals surface area contributed by atoms with Gasteiger partial charge in [-0.05, 0) is 23.8 Å². The first-order chi connectivity index (χ1) is 17.6. The number of rotatable bonds is 10. The molecule has 2 aromatic carbocycles. The van der Waals surface area contributed by atoms with Gasteiger partial charge in [0.1, 0.15) is 18.2 Å². The Bertz CT molecular complexity index is 1300. The van der Waals surface area contributed by atoms with Crippen LogP contribution in [0.4, 0.5) is 8.78 Å². The van der Waals surface area contributed by atoms with E-state index in [0.717, 1.165) is 61.6 Å². The maximum absolute atomic E-state index is 13.0. The van der Waals surface area contributed by atoms with Gasteiger partial charge in [0, 0.05) is 44.1 Å². The summed E-state index contributed by atoms with van der Waals surface area (Å²) in [5, 5.41) is 4.55. The van der Waals surface area contributed by atoms with Crippen LogP contribution in [0.15, 0.2) is 54.9 Å². The summed E-state index contributed by atoms with van der Waals surface area (Å²) in [7, 11) is 1.61. The van der Waals surface area contributed by atoms with Crippen LogP contribution < -0.4 is 4.74 Å². The number of hydrogen-bond donors (Lipinski definition) is 0. The molecular formula is C26H29F2N5O3. The zero-order valence-electron chi connectivity index (χ0n) is 20.1. The summed E-state index contributed by atoms with van der Waals surface area (Å²) in [5.41, 5.74) is 4.32. The largest absolute Gasteiger partial charge is 0.434 e. The Morgan fingerprint density at radius 3 is 2.69 bits per heavy atom. The molecule has 4 aromatic rings. The minimum absolute atomic E-state index is 0.149. The number of halogens is 2. The number of aromatic nitrogens is 4. The number of ether oxygens (including phenoxy) is 3. The van der Waals surface area contributed by atoms with Gasteiger partial charge in [-0.3, -0.25) is 9.58 Å². The van der Waals surface area contributed by atoms with Crippen molar-refractivity contribution in [2.24, 2.45) is 0 Å². The van der Waals surface area contributed by atoms with Gasteiger partial charge in [-0.15, -0.1) is 0 Å². The average Bonchev–Trinajstić information content (AvgIpc) is 3.49. The van der Waals surface area contributed by atoms with Crippen molar-refractivity contribution < 1.29 is 23.0 Å². The molecule has 0 aliphatic carbocycles. The molecule has 8 nitrogen and oxygen atoms in total. The molecule has 3 heterocycles. The molecular weight excluding hydrogens is 468 g/mol. The van der Waals surface area contributed by atoms with E-state index in [4.69, 9.17) is 19.2 Å². The van der Waals surface area contributed by atoms with E-state index in [2.05, 4.69) is 16.1 Å². The predicted octanol–water partition coefficient (Wildman–Crippen LogP) is 4.03. The van der Waals surface area contributed by atoms with Crippen LogP contribution in [0.3, 0.4) is 0 Å². The molecule has 0 radical (unpaired) electrons. The molecule has 0 atom stereocenters. The van der Waals surface area contributed by atoms with Gasteiger partial charge >= 0.3 is 6.61 Å². The number of fused-ring (bicyclic) bond motifs is 1. The fraction of sp³-hybridized carbons (Fsp3) is 0.385. The molecule has 1 fully saturated rings. The summed E-state index contributed by atoms with van der Waals surface area (Å²) in [6.45, 7) is 2.91. The van der Waals surface area contributed by atoms with Crippen LogP contribution in [0.1, 0.15) is 11.4 Å². The molecule has 2 aromatic heterocycles. The van der Waals surface area contributed by atoms with Crippen molar-refractivity contribution in [3.63, 3.8) is 0 Å². The SMILES string of the molecule is COCc1nc2ccc(-c3cnn(CCN4CCOCC4)c3)cc2n1Cc1ccccc1OC(F)F. The zero-order valence-corrected chi connectivity index (χ0v) is 20.1. The topological polar surface area (TPSA) is 66.6 Å². The second kappa shape index (κ2) is 11.2. The fourth-order valence-corrected chi connectivity index (χ4v) is 4.49. The van der Waals surface area contributed by atoms with E-state index < -0.39 is 6.61 Å². The molecule has 0 unspecified atom stereocenters. The Labute approximate surface area is 208 Å². The van der Waals surface area contributed by atoms with Crippen molar-refractivity contribution in [3.8, 4) is 16.9 Å². The normalized spacial score (nSPS) is 14.7. The van der Waals surface area contributed by atoms with Crippen LogP contribution in [-0.2, 0) is 29.2 Å². The Morgan fingerprint density at radius 1 is 1.06 bits per heavy atom. The second-order valence-electron chi connectivity index (χ2n) is 8.68. The quantitative estimate of drug-likeness (QED) is 0.330. The van der Waals surface area contributed by atoms with E-state index in [-0.39, 0.29) is 5.75 Å². The lowest BCUT2D eigenvalue weighted by Crippen LogP contribution is -2.38. The Balaban J connectivity index is 1.42. The summed E-state index contributed by atoms with van der Waals surface area (Å²) in [6, 6.07) is 12.9. The number of benzene rings is 2. The number of para-hydroxylation sites is 1. The third-order valence-electron chi connectivity index (χ3n) is 6.33. The number of alkyl halides is 2. The van der Waals surface area contributed by atoms with Crippen molar-refractivity contribution >= 4 is 11.0 Å². The second-order valence-corrected chi connectivity index (χ2v) is 8.68. The van der Waals surface area contributed by atoms with Gasteiger partial charge in [0.2, 0.25) is 0 Å². The van der Waals surface area contributed by atoms with Crippen molar-refractivity contribution in [1.82, 2.24) is 24.2 Å². The maximum Gasteiger partial charge on any atom is 0.387 e. The minimum Gasteiger partial charge on any atom is -0.434 e. The highest BCUT2D eigenvalue weighted by Gasteiger charge is 2.16. The van der Waals surface area contributed by atoms with Crippen molar-refractivity contribution in [3.05, 3.63) is 66.2 Å². The van der Waals surface area contributed by atoms with Crippen molar-refractivity contribution in [2.45, 2.75) is 26.3 Å². The molecule has 1 aliphatic rings. The summed E-state index contributed by atoms with van der Waals surface area (Å²) < 4.78 is 45.4. The lowest BCUT2D eigenvalue weighted by Gasteiger charge is -2.26. The molecule has 1 saturated heterocycles. The van der Waals surface area contributed by atoms with Gasteiger partial charge in [-0.1, -0.05) is 24.3 Å².